The Hall–Kier alpha value is -1.16. The summed E-state index contributed by atoms with van der Waals surface area (Å²) in [5.41, 5.74) is 4.67. The molecule has 0 radical (unpaired) electrons. The van der Waals surface area contributed by atoms with Crippen LogP contribution >= 0.6 is 39.1 Å². The SMILES string of the molecule is Cc1cc(C)cc(-c2nnc3cc(Cl)c(Br)cc3c2Cl)c1. The molecule has 2 aromatic carbocycles. The van der Waals surface area contributed by atoms with Crippen LogP contribution in [0.3, 0.4) is 0 Å². The Balaban J connectivity index is 2.29. The predicted molar refractivity (Wildman–Crippen MR) is 92.2 cm³/mol. The van der Waals surface area contributed by atoms with Crippen molar-refractivity contribution in [2.45, 2.75) is 13.8 Å². The minimum Gasteiger partial charge on any atom is -0.150 e. The van der Waals surface area contributed by atoms with Crippen molar-refractivity contribution >= 4 is 50.0 Å². The minimum absolute atomic E-state index is 0.586. The molecule has 0 saturated heterocycles. The fraction of sp³-hybridized carbons (Fsp3) is 0.125. The molecule has 2 nitrogen and oxygen atoms in total. The van der Waals surface area contributed by atoms with E-state index in [9.17, 15) is 0 Å². The normalized spacial score (nSPS) is 11.1. The van der Waals surface area contributed by atoms with Crippen LogP contribution in [0.5, 0.6) is 0 Å². The van der Waals surface area contributed by atoms with Gasteiger partial charge in [0.2, 0.25) is 0 Å². The van der Waals surface area contributed by atoms with Crippen molar-refractivity contribution in [2.24, 2.45) is 0 Å². The zero-order valence-electron chi connectivity index (χ0n) is 11.4. The summed E-state index contributed by atoms with van der Waals surface area (Å²) in [6, 6.07) is 9.85. The van der Waals surface area contributed by atoms with E-state index in [0.29, 0.717) is 21.3 Å². The number of aromatic nitrogens is 2. The van der Waals surface area contributed by atoms with Gasteiger partial charge in [-0.3, -0.25) is 0 Å². The van der Waals surface area contributed by atoms with Crippen LogP contribution in [0, 0.1) is 13.8 Å². The fourth-order valence-electron chi connectivity index (χ4n) is 2.37. The topological polar surface area (TPSA) is 25.8 Å². The monoisotopic (exact) mass is 380 g/mol. The highest BCUT2D eigenvalue weighted by molar-refractivity contribution is 9.10. The van der Waals surface area contributed by atoms with Gasteiger partial charge >= 0.3 is 0 Å². The van der Waals surface area contributed by atoms with Crippen molar-refractivity contribution in [1.29, 1.82) is 0 Å². The van der Waals surface area contributed by atoms with Crippen LogP contribution in [0.4, 0.5) is 0 Å². The van der Waals surface area contributed by atoms with Gasteiger partial charge in [0.15, 0.2) is 0 Å². The van der Waals surface area contributed by atoms with E-state index in [2.05, 4.69) is 58.2 Å². The molecule has 1 heterocycles. The van der Waals surface area contributed by atoms with Gasteiger partial charge in [-0.25, -0.2) is 0 Å². The molecule has 1 aromatic heterocycles. The molecule has 5 heteroatoms. The Kier molecular flexibility index (Phi) is 3.91. The highest BCUT2D eigenvalue weighted by Crippen LogP contribution is 2.35. The number of aryl methyl sites for hydroxylation is 2. The lowest BCUT2D eigenvalue weighted by Gasteiger charge is -2.09. The Bertz CT molecular complexity index is 842. The first-order valence-electron chi connectivity index (χ1n) is 6.35. The average Bonchev–Trinajstić information content (AvgIpc) is 2.40. The van der Waals surface area contributed by atoms with Gasteiger partial charge in [0.25, 0.3) is 0 Å². The molecule has 3 rings (SSSR count). The van der Waals surface area contributed by atoms with Crippen LogP contribution in [0.2, 0.25) is 10.0 Å². The third-order valence-electron chi connectivity index (χ3n) is 3.24. The lowest BCUT2D eigenvalue weighted by molar-refractivity contribution is 1.08. The molecule has 0 fully saturated rings. The molecule has 3 aromatic rings. The highest BCUT2D eigenvalue weighted by Gasteiger charge is 2.13. The van der Waals surface area contributed by atoms with Crippen LogP contribution in [0.1, 0.15) is 11.1 Å². The van der Waals surface area contributed by atoms with Crippen molar-refractivity contribution in [3.05, 3.63) is 56.0 Å². The van der Waals surface area contributed by atoms with Crippen molar-refractivity contribution in [1.82, 2.24) is 10.2 Å². The Morgan fingerprint density at radius 1 is 0.905 bits per heavy atom. The summed E-state index contributed by atoms with van der Waals surface area (Å²) >= 11 is 16.0. The molecule has 0 bridgehead atoms. The molecule has 0 atom stereocenters. The van der Waals surface area contributed by atoms with E-state index >= 15 is 0 Å². The summed E-state index contributed by atoms with van der Waals surface area (Å²) < 4.78 is 0.790. The van der Waals surface area contributed by atoms with Gasteiger partial charge in [-0.15, -0.1) is 10.2 Å². The van der Waals surface area contributed by atoms with Crippen LogP contribution in [0.15, 0.2) is 34.8 Å². The third-order valence-corrected chi connectivity index (χ3v) is 4.82. The van der Waals surface area contributed by atoms with E-state index in [0.717, 1.165) is 15.4 Å². The van der Waals surface area contributed by atoms with Crippen LogP contribution in [-0.2, 0) is 0 Å². The molecule has 0 unspecified atom stereocenters. The molecule has 0 amide bonds. The summed E-state index contributed by atoms with van der Waals surface area (Å²) in [6.07, 6.45) is 0. The maximum atomic E-state index is 6.54. The molecule has 0 aliphatic carbocycles. The van der Waals surface area contributed by atoms with Crippen LogP contribution < -0.4 is 0 Å². The molecule has 0 spiro atoms. The predicted octanol–water partition coefficient (Wildman–Crippen LogP) is 5.98. The maximum absolute atomic E-state index is 6.54. The van der Waals surface area contributed by atoms with E-state index in [4.69, 9.17) is 23.2 Å². The van der Waals surface area contributed by atoms with Gasteiger partial charge in [0.05, 0.1) is 15.6 Å². The van der Waals surface area contributed by atoms with Crippen molar-refractivity contribution in [3.63, 3.8) is 0 Å². The molecule has 106 valence electrons. The lowest BCUT2D eigenvalue weighted by Crippen LogP contribution is -1.93. The Labute approximate surface area is 141 Å². The second kappa shape index (κ2) is 5.56. The van der Waals surface area contributed by atoms with E-state index < -0.39 is 0 Å². The van der Waals surface area contributed by atoms with Gasteiger partial charge in [-0.05, 0) is 54.0 Å². The first-order valence-corrected chi connectivity index (χ1v) is 7.90. The standard InChI is InChI=1S/C16H11BrCl2N2/c1-8-3-9(2)5-10(4-8)16-15(19)11-6-12(17)13(18)7-14(11)20-21-16/h3-7H,1-2H3. The number of hydrogen-bond donors (Lipinski definition) is 0. The summed E-state index contributed by atoms with van der Waals surface area (Å²) in [4.78, 5) is 0. The summed E-state index contributed by atoms with van der Waals surface area (Å²) in [7, 11) is 0. The zero-order chi connectivity index (χ0) is 15.1. The number of halogens is 3. The average molecular weight is 382 g/mol. The first kappa shape index (κ1) is 14.8. The van der Waals surface area contributed by atoms with E-state index in [-0.39, 0.29) is 0 Å². The number of rotatable bonds is 1. The second-order valence-corrected chi connectivity index (χ2v) is 6.66. The Morgan fingerprint density at radius 2 is 1.57 bits per heavy atom. The second-order valence-electron chi connectivity index (χ2n) is 5.02. The van der Waals surface area contributed by atoms with Gasteiger partial charge in [-0.2, -0.15) is 0 Å². The Morgan fingerprint density at radius 3 is 2.24 bits per heavy atom. The van der Waals surface area contributed by atoms with Gasteiger partial charge in [0, 0.05) is 15.4 Å². The number of benzene rings is 2. The van der Waals surface area contributed by atoms with Crippen LogP contribution in [0.25, 0.3) is 22.2 Å². The summed E-state index contributed by atoms with van der Waals surface area (Å²) in [5.74, 6) is 0. The van der Waals surface area contributed by atoms with Crippen LogP contribution in [-0.4, -0.2) is 10.2 Å². The molecule has 0 aliphatic rings. The van der Waals surface area contributed by atoms with E-state index in [1.54, 1.807) is 6.07 Å². The number of fused-ring (bicyclic) bond motifs is 1. The lowest BCUT2D eigenvalue weighted by atomic mass is 10.0. The summed E-state index contributed by atoms with van der Waals surface area (Å²) in [5, 5.41) is 10.5. The van der Waals surface area contributed by atoms with Crippen molar-refractivity contribution < 1.29 is 0 Å². The molecule has 0 N–H and O–H groups in total. The smallest absolute Gasteiger partial charge is 0.112 e. The highest BCUT2D eigenvalue weighted by atomic mass is 79.9. The molecular formula is C16H11BrCl2N2. The van der Waals surface area contributed by atoms with Gasteiger partial charge < -0.3 is 0 Å². The van der Waals surface area contributed by atoms with Gasteiger partial charge in [0.1, 0.15) is 5.69 Å². The molecule has 21 heavy (non-hydrogen) atoms. The molecule has 0 aliphatic heterocycles. The summed E-state index contributed by atoms with van der Waals surface area (Å²) in [6.45, 7) is 4.10. The van der Waals surface area contributed by atoms with Crippen molar-refractivity contribution in [2.75, 3.05) is 0 Å². The third kappa shape index (κ3) is 2.78. The minimum atomic E-state index is 0.586. The maximum Gasteiger partial charge on any atom is 0.112 e. The molecular weight excluding hydrogens is 371 g/mol. The van der Waals surface area contributed by atoms with Crippen molar-refractivity contribution in [3.8, 4) is 11.3 Å². The fourth-order valence-corrected chi connectivity index (χ4v) is 3.17. The quantitative estimate of drug-likeness (QED) is 0.517. The zero-order valence-corrected chi connectivity index (χ0v) is 14.5. The largest absolute Gasteiger partial charge is 0.150 e. The van der Waals surface area contributed by atoms with Gasteiger partial charge in [-0.1, -0.05) is 40.4 Å². The van der Waals surface area contributed by atoms with E-state index in [1.165, 1.54) is 11.1 Å². The molecule has 0 saturated carbocycles. The first-order chi connectivity index (χ1) is 9.95. The van der Waals surface area contributed by atoms with E-state index in [1.807, 2.05) is 6.07 Å². The number of nitrogens with zero attached hydrogens (tertiary/aromatic N) is 2. The number of hydrogen-bond acceptors (Lipinski definition) is 2.